The summed E-state index contributed by atoms with van der Waals surface area (Å²) in [5, 5.41) is 6.70. The van der Waals surface area contributed by atoms with Crippen LogP contribution >= 0.6 is 23.5 Å². The van der Waals surface area contributed by atoms with Crippen LogP contribution in [0.3, 0.4) is 0 Å². The van der Waals surface area contributed by atoms with E-state index in [1.165, 1.54) is 5.56 Å². The summed E-state index contributed by atoms with van der Waals surface area (Å²) in [5.74, 6) is 1.10. The van der Waals surface area contributed by atoms with Gasteiger partial charge in [-0.2, -0.15) is 0 Å². The Labute approximate surface area is 168 Å². The van der Waals surface area contributed by atoms with E-state index in [4.69, 9.17) is 0 Å². The van der Waals surface area contributed by atoms with Crippen molar-refractivity contribution in [1.82, 2.24) is 15.2 Å². The first-order chi connectivity index (χ1) is 13.2. The second-order valence-electron chi connectivity index (χ2n) is 7.12. The van der Waals surface area contributed by atoms with E-state index >= 15 is 0 Å². The number of nitrogens with one attached hydrogen (secondary N) is 2. The number of urea groups is 1. The fourth-order valence-electron chi connectivity index (χ4n) is 3.70. The van der Waals surface area contributed by atoms with Crippen LogP contribution in [0.15, 0.2) is 53.7 Å². The van der Waals surface area contributed by atoms with Crippen LogP contribution in [0.1, 0.15) is 12.0 Å². The highest BCUT2D eigenvalue weighted by atomic mass is 32.2. The van der Waals surface area contributed by atoms with Gasteiger partial charge in [-0.1, -0.05) is 18.2 Å². The van der Waals surface area contributed by atoms with Gasteiger partial charge in [-0.15, -0.1) is 23.5 Å². The zero-order valence-electron chi connectivity index (χ0n) is 15.4. The minimum Gasteiger partial charge on any atom is -0.322 e. The lowest BCUT2D eigenvalue weighted by Gasteiger charge is -2.47. The molecule has 1 spiro atoms. The number of pyridine rings is 1. The van der Waals surface area contributed by atoms with Gasteiger partial charge in [-0.25, -0.2) is 4.79 Å². The molecule has 0 aliphatic carbocycles. The quantitative estimate of drug-likeness (QED) is 0.750. The van der Waals surface area contributed by atoms with E-state index < -0.39 is 0 Å². The molecular formula is C20H24N4OS2. The highest BCUT2D eigenvalue weighted by Crippen LogP contribution is 2.45. The number of hydrogen-bond acceptors (Lipinski definition) is 5. The van der Waals surface area contributed by atoms with E-state index in [1.54, 1.807) is 18.0 Å². The van der Waals surface area contributed by atoms with Gasteiger partial charge in [0.2, 0.25) is 0 Å². The molecular weight excluding hydrogens is 376 g/mol. The molecule has 2 N–H and O–H groups in total. The van der Waals surface area contributed by atoms with Crippen molar-refractivity contribution in [2.24, 2.45) is 0 Å². The molecule has 2 saturated heterocycles. The molecule has 1 aromatic heterocycles. The molecule has 2 aliphatic rings. The maximum absolute atomic E-state index is 12.6. The van der Waals surface area contributed by atoms with Gasteiger partial charge in [-0.05, 0) is 36.4 Å². The lowest BCUT2D eigenvalue weighted by Crippen LogP contribution is -2.62. The van der Waals surface area contributed by atoms with Crippen molar-refractivity contribution in [2.45, 2.75) is 28.6 Å². The molecule has 1 unspecified atom stereocenters. The summed E-state index contributed by atoms with van der Waals surface area (Å²) < 4.78 is 0.225. The maximum atomic E-state index is 12.6. The van der Waals surface area contributed by atoms with Gasteiger partial charge < -0.3 is 15.5 Å². The second-order valence-corrected chi connectivity index (χ2v) is 9.46. The van der Waals surface area contributed by atoms with E-state index in [2.05, 4.69) is 21.7 Å². The summed E-state index contributed by atoms with van der Waals surface area (Å²) in [6, 6.07) is 12.5. The first-order valence-corrected chi connectivity index (χ1v) is 11.3. The predicted molar refractivity (Wildman–Crippen MR) is 113 cm³/mol. The van der Waals surface area contributed by atoms with Crippen molar-refractivity contribution in [3.05, 3.63) is 54.4 Å². The molecule has 27 heavy (non-hydrogen) atoms. The molecule has 0 bridgehead atoms. The molecule has 2 amide bonds. The number of hydrogen-bond donors (Lipinski definition) is 2. The molecule has 2 aliphatic heterocycles. The van der Waals surface area contributed by atoms with Crippen LogP contribution in [0.5, 0.6) is 0 Å². The molecule has 1 atom stereocenters. The Morgan fingerprint density at radius 3 is 2.96 bits per heavy atom. The monoisotopic (exact) mass is 400 g/mol. The Balaban J connectivity index is 1.26. The van der Waals surface area contributed by atoms with Gasteiger partial charge in [-0.3, -0.25) is 4.98 Å². The normalized spacial score (nSPS) is 20.5. The third-order valence-corrected chi connectivity index (χ3v) is 7.52. The minimum atomic E-state index is 0.00879. The molecule has 3 heterocycles. The van der Waals surface area contributed by atoms with Crippen molar-refractivity contribution in [3.8, 4) is 0 Å². The SMILES string of the molecule is CSc1ccccc1NC(=O)N1CC2(CC(NCc3cccnc3)CS2)C1. The largest absolute Gasteiger partial charge is 0.322 e. The maximum Gasteiger partial charge on any atom is 0.321 e. The summed E-state index contributed by atoms with van der Waals surface area (Å²) in [6.07, 6.45) is 6.85. The molecule has 0 radical (unpaired) electrons. The summed E-state index contributed by atoms with van der Waals surface area (Å²) in [6.45, 7) is 2.51. The van der Waals surface area contributed by atoms with Crippen LogP contribution in [0.2, 0.25) is 0 Å². The van der Waals surface area contributed by atoms with E-state index in [0.29, 0.717) is 6.04 Å². The Morgan fingerprint density at radius 1 is 1.33 bits per heavy atom. The van der Waals surface area contributed by atoms with Gasteiger partial charge in [0.15, 0.2) is 0 Å². The van der Waals surface area contributed by atoms with Crippen molar-refractivity contribution in [2.75, 3.05) is 30.4 Å². The van der Waals surface area contributed by atoms with Gasteiger partial charge in [0.05, 0.1) is 10.4 Å². The number of anilines is 1. The lowest BCUT2D eigenvalue weighted by atomic mass is 9.92. The fraction of sp³-hybridized carbons (Fsp3) is 0.400. The second kappa shape index (κ2) is 8.12. The van der Waals surface area contributed by atoms with E-state index in [9.17, 15) is 4.79 Å². The number of likely N-dealkylation sites (tertiary alicyclic amines) is 1. The smallest absolute Gasteiger partial charge is 0.321 e. The number of carbonyl (C=O) groups is 1. The number of para-hydroxylation sites is 1. The van der Waals surface area contributed by atoms with Gasteiger partial charge in [0.25, 0.3) is 0 Å². The Bertz CT molecular complexity index is 796. The van der Waals surface area contributed by atoms with Crippen molar-refractivity contribution < 1.29 is 4.79 Å². The molecule has 1 aromatic carbocycles. The van der Waals surface area contributed by atoms with E-state index in [1.807, 2.05) is 59.4 Å². The van der Waals surface area contributed by atoms with Crippen LogP contribution in [0.25, 0.3) is 0 Å². The predicted octanol–water partition coefficient (Wildman–Crippen LogP) is 3.69. The van der Waals surface area contributed by atoms with E-state index in [-0.39, 0.29) is 10.8 Å². The highest BCUT2D eigenvalue weighted by molar-refractivity contribution is 8.01. The highest BCUT2D eigenvalue weighted by Gasteiger charge is 2.50. The molecule has 5 nitrogen and oxygen atoms in total. The van der Waals surface area contributed by atoms with Crippen molar-refractivity contribution in [1.29, 1.82) is 0 Å². The first-order valence-electron chi connectivity index (χ1n) is 9.13. The van der Waals surface area contributed by atoms with Crippen LogP contribution in [0.4, 0.5) is 10.5 Å². The number of amides is 2. The first kappa shape index (κ1) is 18.7. The van der Waals surface area contributed by atoms with Gasteiger partial charge in [0.1, 0.15) is 0 Å². The number of aromatic nitrogens is 1. The van der Waals surface area contributed by atoms with Gasteiger partial charge in [0, 0.05) is 48.7 Å². The van der Waals surface area contributed by atoms with Crippen LogP contribution < -0.4 is 10.6 Å². The summed E-state index contributed by atoms with van der Waals surface area (Å²) in [4.78, 5) is 19.8. The Morgan fingerprint density at radius 2 is 2.19 bits per heavy atom. The zero-order chi connectivity index (χ0) is 18.7. The standard InChI is InChI=1S/C20H24N4OS2/c1-26-18-7-3-2-6-17(18)23-19(25)24-13-20(14-24)9-16(12-27-20)22-11-15-5-4-8-21-10-15/h2-8,10,16,22H,9,11-14H2,1H3,(H,23,25). The molecule has 142 valence electrons. The van der Waals surface area contributed by atoms with Gasteiger partial charge >= 0.3 is 6.03 Å². The van der Waals surface area contributed by atoms with Crippen LogP contribution in [-0.2, 0) is 6.54 Å². The topological polar surface area (TPSA) is 57.3 Å². The number of nitrogens with zero attached hydrogens (tertiary/aromatic N) is 2. The van der Waals surface area contributed by atoms with Crippen molar-refractivity contribution >= 4 is 35.2 Å². The Kier molecular flexibility index (Phi) is 5.61. The Hall–Kier alpha value is -1.70. The van der Waals surface area contributed by atoms with E-state index in [0.717, 1.165) is 42.4 Å². The number of thioether (sulfide) groups is 2. The molecule has 0 saturated carbocycles. The molecule has 4 rings (SSSR count). The number of carbonyl (C=O) groups excluding carboxylic acids is 1. The summed E-state index contributed by atoms with van der Waals surface area (Å²) in [5.41, 5.74) is 2.11. The van der Waals surface area contributed by atoms with Crippen molar-refractivity contribution in [3.63, 3.8) is 0 Å². The summed E-state index contributed by atoms with van der Waals surface area (Å²) in [7, 11) is 0. The number of benzene rings is 1. The molecule has 2 fully saturated rings. The zero-order valence-corrected chi connectivity index (χ0v) is 17.0. The average Bonchev–Trinajstić information content (AvgIpc) is 3.11. The third-order valence-electron chi connectivity index (χ3n) is 5.12. The third kappa shape index (κ3) is 4.25. The molecule has 2 aromatic rings. The lowest BCUT2D eigenvalue weighted by molar-refractivity contribution is 0.144. The summed E-state index contributed by atoms with van der Waals surface area (Å²) >= 11 is 3.65. The average molecular weight is 401 g/mol. The van der Waals surface area contributed by atoms with Crippen LogP contribution in [0, 0.1) is 0 Å². The fourth-order valence-corrected chi connectivity index (χ4v) is 5.85. The van der Waals surface area contributed by atoms with Crippen LogP contribution in [-0.4, -0.2) is 51.8 Å². The number of rotatable bonds is 5. The minimum absolute atomic E-state index is 0.00879. The molecule has 7 heteroatoms.